The molecule has 18 heavy (non-hydrogen) atoms. The van der Waals surface area contributed by atoms with Crippen LogP contribution in [0, 0.1) is 12.7 Å². The van der Waals surface area contributed by atoms with E-state index >= 15 is 0 Å². The van der Waals surface area contributed by atoms with Gasteiger partial charge in [-0.05, 0) is 37.3 Å². The maximum absolute atomic E-state index is 13.6. The monoisotopic (exact) mass is 308 g/mol. The van der Waals surface area contributed by atoms with E-state index in [1.54, 1.807) is 31.3 Å². The first-order valence-electron chi connectivity index (χ1n) is 5.26. The Bertz CT molecular complexity index is 601. The first-order chi connectivity index (χ1) is 8.58. The van der Waals surface area contributed by atoms with E-state index < -0.39 is 11.7 Å². The molecule has 1 aromatic heterocycles. The van der Waals surface area contributed by atoms with Crippen molar-refractivity contribution < 1.29 is 9.18 Å². The second-order valence-electron chi connectivity index (χ2n) is 3.71. The number of aryl methyl sites for hydroxylation is 1. The molecule has 0 saturated heterocycles. The van der Waals surface area contributed by atoms with Crippen LogP contribution in [-0.4, -0.2) is 10.9 Å². The highest BCUT2D eigenvalue weighted by atomic mass is 79.9. The highest BCUT2D eigenvalue weighted by molar-refractivity contribution is 9.10. The standard InChI is InChI=1S/C13H10BrFN2O/c1-8-12(3-2-6-16-8)17-13(18)10-5-4-9(14)7-11(10)15/h2-7H,1H3,(H,17,18). The molecule has 5 heteroatoms. The van der Waals surface area contributed by atoms with Crippen molar-refractivity contribution in [1.82, 2.24) is 4.98 Å². The molecule has 2 aromatic rings. The van der Waals surface area contributed by atoms with E-state index in [-0.39, 0.29) is 5.56 Å². The third-order valence-corrected chi connectivity index (χ3v) is 2.92. The van der Waals surface area contributed by atoms with Crippen LogP contribution >= 0.6 is 15.9 Å². The van der Waals surface area contributed by atoms with E-state index in [1.165, 1.54) is 12.1 Å². The molecule has 0 radical (unpaired) electrons. The number of amides is 1. The minimum atomic E-state index is -0.566. The van der Waals surface area contributed by atoms with Crippen molar-refractivity contribution in [2.45, 2.75) is 6.92 Å². The summed E-state index contributed by atoms with van der Waals surface area (Å²) in [7, 11) is 0. The van der Waals surface area contributed by atoms with Crippen LogP contribution in [0.25, 0.3) is 0 Å². The normalized spacial score (nSPS) is 10.2. The summed E-state index contributed by atoms with van der Waals surface area (Å²) in [6, 6.07) is 7.73. The van der Waals surface area contributed by atoms with Crippen molar-refractivity contribution in [3.05, 3.63) is 58.1 Å². The zero-order chi connectivity index (χ0) is 13.1. The number of anilines is 1. The molecule has 92 valence electrons. The van der Waals surface area contributed by atoms with Crippen LogP contribution in [0.4, 0.5) is 10.1 Å². The lowest BCUT2D eigenvalue weighted by Gasteiger charge is -2.08. The number of nitrogens with zero attached hydrogens (tertiary/aromatic N) is 1. The number of benzene rings is 1. The Balaban J connectivity index is 2.25. The van der Waals surface area contributed by atoms with Gasteiger partial charge in [0.25, 0.3) is 5.91 Å². The molecule has 1 heterocycles. The number of hydrogen-bond acceptors (Lipinski definition) is 2. The number of carbonyl (C=O) groups is 1. The first kappa shape index (κ1) is 12.7. The Morgan fingerprint density at radius 1 is 1.39 bits per heavy atom. The molecule has 3 nitrogen and oxygen atoms in total. The quantitative estimate of drug-likeness (QED) is 0.922. The molecule has 1 amide bonds. The van der Waals surface area contributed by atoms with Gasteiger partial charge in [0.1, 0.15) is 5.82 Å². The molecule has 1 aromatic carbocycles. The molecule has 0 aliphatic carbocycles. The maximum atomic E-state index is 13.6. The van der Waals surface area contributed by atoms with Crippen molar-refractivity contribution in [3.8, 4) is 0 Å². The summed E-state index contributed by atoms with van der Waals surface area (Å²) in [4.78, 5) is 16.0. The Kier molecular flexibility index (Phi) is 3.72. The van der Waals surface area contributed by atoms with Crippen molar-refractivity contribution in [1.29, 1.82) is 0 Å². The minimum Gasteiger partial charge on any atom is -0.320 e. The highest BCUT2D eigenvalue weighted by Crippen LogP contribution is 2.17. The van der Waals surface area contributed by atoms with E-state index in [9.17, 15) is 9.18 Å². The third-order valence-electron chi connectivity index (χ3n) is 2.43. The van der Waals surface area contributed by atoms with Gasteiger partial charge in [-0.25, -0.2) is 4.39 Å². The topological polar surface area (TPSA) is 42.0 Å². The highest BCUT2D eigenvalue weighted by Gasteiger charge is 2.12. The van der Waals surface area contributed by atoms with Crippen LogP contribution in [-0.2, 0) is 0 Å². The summed E-state index contributed by atoms with van der Waals surface area (Å²) in [5.41, 5.74) is 1.26. The molecular weight excluding hydrogens is 299 g/mol. The predicted octanol–water partition coefficient (Wildman–Crippen LogP) is 3.54. The van der Waals surface area contributed by atoms with E-state index in [0.29, 0.717) is 15.9 Å². The van der Waals surface area contributed by atoms with Gasteiger partial charge in [-0.1, -0.05) is 15.9 Å². The predicted molar refractivity (Wildman–Crippen MR) is 71.0 cm³/mol. The molecule has 0 aliphatic rings. The minimum absolute atomic E-state index is 0.00135. The fraction of sp³-hybridized carbons (Fsp3) is 0.0769. The van der Waals surface area contributed by atoms with Crippen molar-refractivity contribution in [2.75, 3.05) is 5.32 Å². The van der Waals surface area contributed by atoms with Gasteiger partial charge in [0.2, 0.25) is 0 Å². The zero-order valence-electron chi connectivity index (χ0n) is 9.58. The molecular formula is C13H10BrFN2O. The maximum Gasteiger partial charge on any atom is 0.258 e. The molecule has 2 rings (SSSR count). The van der Waals surface area contributed by atoms with Gasteiger partial charge in [0.05, 0.1) is 16.9 Å². The largest absolute Gasteiger partial charge is 0.320 e. The van der Waals surface area contributed by atoms with Crippen LogP contribution in [0.3, 0.4) is 0 Å². The molecule has 0 unspecified atom stereocenters. The molecule has 0 saturated carbocycles. The second-order valence-corrected chi connectivity index (χ2v) is 4.63. The zero-order valence-corrected chi connectivity index (χ0v) is 11.2. The number of rotatable bonds is 2. The van der Waals surface area contributed by atoms with Crippen LogP contribution < -0.4 is 5.32 Å². The fourth-order valence-electron chi connectivity index (χ4n) is 1.48. The summed E-state index contributed by atoms with van der Waals surface area (Å²) >= 11 is 3.14. The van der Waals surface area contributed by atoms with Crippen LogP contribution in [0.5, 0.6) is 0 Å². The molecule has 1 N–H and O–H groups in total. The number of aromatic nitrogens is 1. The van der Waals surface area contributed by atoms with Gasteiger partial charge in [-0.2, -0.15) is 0 Å². The Hall–Kier alpha value is -1.75. The molecule has 0 fully saturated rings. The van der Waals surface area contributed by atoms with Crippen molar-refractivity contribution in [3.63, 3.8) is 0 Å². The van der Waals surface area contributed by atoms with Crippen LogP contribution in [0.2, 0.25) is 0 Å². The van der Waals surface area contributed by atoms with E-state index in [0.717, 1.165) is 0 Å². The average Bonchev–Trinajstić information content (AvgIpc) is 2.32. The fourth-order valence-corrected chi connectivity index (χ4v) is 1.81. The number of hydrogen-bond donors (Lipinski definition) is 1. The lowest BCUT2D eigenvalue weighted by molar-refractivity contribution is 0.102. The number of halogens is 2. The summed E-state index contributed by atoms with van der Waals surface area (Å²) in [5.74, 6) is -1.06. The summed E-state index contributed by atoms with van der Waals surface area (Å²) in [6.07, 6.45) is 1.63. The van der Waals surface area contributed by atoms with Gasteiger partial charge in [-0.15, -0.1) is 0 Å². The Morgan fingerprint density at radius 3 is 2.83 bits per heavy atom. The van der Waals surface area contributed by atoms with Gasteiger partial charge in [0, 0.05) is 10.7 Å². The number of pyridine rings is 1. The summed E-state index contributed by atoms with van der Waals surface area (Å²) in [6.45, 7) is 1.77. The lowest BCUT2D eigenvalue weighted by atomic mass is 10.2. The molecule has 0 spiro atoms. The van der Waals surface area contributed by atoms with Crippen LogP contribution in [0.15, 0.2) is 41.0 Å². The number of carbonyl (C=O) groups excluding carboxylic acids is 1. The van der Waals surface area contributed by atoms with Crippen LogP contribution in [0.1, 0.15) is 16.1 Å². The Labute approximate surface area is 112 Å². The third kappa shape index (κ3) is 2.73. The summed E-state index contributed by atoms with van der Waals surface area (Å²) in [5, 5.41) is 2.63. The Morgan fingerprint density at radius 2 is 2.17 bits per heavy atom. The van der Waals surface area contributed by atoms with E-state index in [2.05, 4.69) is 26.2 Å². The summed E-state index contributed by atoms with van der Waals surface area (Å²) < 4.78 is 14.2. The smallest absolute Gasteiger partial charge is 0.258 e. The van der Waals surface area contributed by atoms with Crippen molar-refractivity contribution >= 4 is 27.5 Å². The van der Waals surface area contributed by atoms with E-state index in [1.807, 2.05) is 0 Å². The lowest BCUT2D eigenvalue weighted by Crippen LogP contribution is -2.14. The SMILES string of the molecule is Cc1ncccc1NC(=O)c1ccc(Br)cc1F. The first-order valence-corrected chi connectivity index (χ1v) is 6.05. The van der Waals surface area contributed by atoms with Gasteiger partial charge in [-0.3, -0.25) is 9.78 Å². The van der Waals surface area contributed by atoms with Gasteiger partial charge in [0.15, 0.2) is 0 Å². The van der Waals surface area contributed by atoms with Gasteiger partial charge >= 0.3 is 0 Å². The average molecular weight is 309 g/mol. The van der Waals surface area contributed by atoms with E-state index in [4.69, 9.17) is 0 Å². The second kappa shape index (κ2) is 5.27. The molecule has 0 bridgehead atoms. The molecule has 0 atom stereocenters. The van der Waals surface area contributed by atoms with Crippen molar-refractivity contribution in [2.24, 2.45) is 0 Å². The van der Waals surface area contributed by atoms with Gasteiger partial charge < -0.3 is 5.32 Å². The number of nitrogens with one attached hydrogen (secondary N) is 1. The molecule has 0 aliphatic heterocycles.